The molecule has 0 spiro atoms. The SMILES string of the molecule is COc1ccc(S(=O)(=O)N(CC(C)C)C[C@@H](O)[C@H](Cc2ccccc2)NC(=O)[C@]23CC[C@@H](C)[C@H](C)[C@H]2C2=CC[C@@H]4[C@@]5(C)CC[C@@H](O)C(C)(C)[C@@H]5CC[C@@]4(C)[C@]2(C)CC3)cc1. The predicted octanol–water partition coefficient (Wildman–Crippen LogP) is 9.45. The van der Waals surface area contributed by atoms with Crippen molar-refractivity contribution in [3.05, 3.63) is 71.8 Å². The monoisotopic (exact) mass is 845 g/mol. The van der Waals surface area contributed by atoms with Crippen LogP contribution in [0.3, 0.4) is 0 Å². The number of amides is 1. The number of aliphatic hydroxyl groups is 2. The zero-order valence-electron chi connectivity index (χ0n) is 38.3. The highest BCUT2D eigenvalue weighted by Crippen LogP contribution is 2.75. The number of nitrogens with one attached hydrogen (secondary N) is 1. The van der Waals surface area contributed by atoms with Crippen molar-refractivity contribution in [3.63, 3.8) is 0 Å². The zero-order chi connectivity index (χ0) is 43.6. The van der Waals surface area contributed by atoms with Crippen LogP contribution in [0.1, 0.15) is 126 Å². The predicted molar refractivity (Wildman–Crippen MR) is 240 cm³/mol. The van der Waals surface area contributed by atoms with Crippen molar-refractivity contribution in [2.24, 2.45) is 62.6 Å². The van der Waals surface area contributed by atoms with Crippen molar-refractivity contribution < 1.29 is 28.2 Å². The Labute approximate surface area is 362 Å². The van der Waals surface area contributed by atoms with Gasteiger partial charge in [-0.2, -0.15) is 4.31 Å². The van der Waals surface area contributed by atoms with Gasteiger partial charge in [-0.1, -0.05) is 104 Å². The number of allylic oxidation sites excluding steroid dienone is 2. The molecule has 332 valence electrons. The number of ether oxygens (including phenoxy) is 1. The van der Waals surface area contributed by atoms with Gasteiger partial charge in [0.2, 0.25) is 15.9 Å². The van der Waals surface area contributed by atoms with E-state index in [9.17, 15) is 18.6 Å². The topological polar surface area (TPSA) is 116 Å². The summed E-state index contributed by atoms with van der Waals surface area (Å²) in [5.41, 5.74) is 1.89. The summed E-state index contributed by atoms with van der Waals surface area (Å²) in [7, 11) is -2.43. The van der Waals surface area contributed by atoms with Crippen LogP contribution in [0.5, 0.6) is 5.75 Å². The molecule has 3 N–H and O–H groups in total. The summed E-state index contributed by atoms with van der Waals surface area (Å²) >= 11 is 0. The maximum absolute atomic E-state index is 15.5. The van der Waals surface area contributed by atoms with Crippen LogP contribution in [-0.2, 0) is 21.2 Å². The van der Waals surface area contributed by atoms with E-state index in [2.05, 4.69) is 59.9 Å². The molecular formula is C51H76N2O6S. The Morgan fingerprint density at radius 2 is 1.57 bits per heavy atom. The number of carbonyl (C=O) groups is 1. The van der Waals surface area contributed by atoms with Crippen LogP contribution in [0, 0.1) is 62.6 Å². The Balaban J connectivity index is 1.22. The number of methoxy groups -OCH3 is 1. The van der Waals surface area contributed by atoms with E-state index in [-0.39, 0.29) is 63.5 Å². The summed E-state index contributed by atoms with van der Waals surface area (Å²) in [6.07, 6.45) is 10.3. The van der Waals surface area contributed by atoms with Gasteiger partial charge in [0.1, 0.15) is 5.75 Å². The smallest absolute Gasteiger partial charge is 0.243 e. The number of hydrogen-bond acceptors (Lipinski definition) is 6. The van der Waals surface area contributed by atoms with Crippen molar-refractivity contribution in [1.29, 1.82) is 0 Å². The molecule has 0 unspecified atom stereocenters. The fourth-order valence-electron chi connectivity index (χ4n) is 14.2. The van der Waals surface area contributed by atoms with Crippen LogP contribution in [-0.4, -0.2) is 67.3 Å². The van der Waals surface area contributed by atoms with Crippen molar-refractivity contribution in [2.75, 3.05) is 20.2 Å². The first-order valence-corrected chi connectivity index (χ1v) is 24.7. The number of nitrogens with zero attached hydrogens (tertiary/aromatic N) is 1. The quantitative estimate of drug-likeness (QED) is 0.184. The number of fused-ring (bicyclic) bond motifs is 7. The summed E-state index contributed by atoms with van der Waals surface area (Å²) in [6, 6.07) is 15.6. The summed E-state index contributed by atoms with van der Waals surface area (Å²) in [5.74, 6) is 2.42. The molecule has 4 saturated carbocycles. The van der Waals surface area contributed by atoms with E-state index >= 15 is 4.79 Å². The summed E-state index contributed by atoms with van der Waals surface area (Å²) < 4.78 is 35.1. The summed E-state index contributed by atoms with van der Waals surface area (Å²) in [6.45, 7) is 21.0. The highest BCUT2D eigenvalue weighted by atomic mass is 32.2. The minimum absolute atomic E-state index is 0.00774. The lowest BCUT2D eigenvalue weighted by Gasteiger charge is -2.71. The number of benzene rings is 2. The number of aliphatic hydroxyl groups excluding tert-OH is 2. The highest BCUT2D eigenvalue weighted by Gasteiger charge is 2.69. The molecule has 9 heteroatoms. The lowest BCUT2D eigenvalue weighted by molar-refractivity contribution is -0.204. The van der Waals surface area contributed by atoms with Gasteiger partial charge in [-0.15, -0.1) is 0 Å². The molecular weight excluding hydrogens is 769 g/mol. The molecule has 2 aromatic rings. The first kappa shape index (κ1) is 45.3. The Bertz CT molecular complexity index is 2000. The van der Waals surface area contributed by atoms with Gasteiger partial charge in [0, 0.05) is 13.1 Å². The average molecular weight is 845 g/mol. The lowest BCUT2D eigenvalue weighted by atomic mass is 9.33. The molecule has 5 aliphatic rings. The van der Waals surface area contributed by atoms with Gasteiger partial charge >= 0.3 is 0 Å². The molecule has 4 fully saturated rings. The molecule has 0 aliphatic heterocycles. The van der Waals surface area contributed by atoms with Crippen LogP contribution < -0.4 is 10.1 Å². The fraction of sp³-hybridized carbons (Fsp3) is 0.706. The molecule has 0 radical (unpaired) electrons. The number of carbonyl (C=O) groups excluding carboxylic acids is 1. The van der Waals surface area contributed by atoms with Crippen LogP contribution in [0.2, 0.25) is 0 Å². The van der Waals surface area contributed by atoms with E-state index < -0.39 is 27.6 Å². The molecule has 7 rings (SSSR count). The summed E-state index contributed by atoms with van der Waals surface area (Å²) in [5, 5.41) is 27.0. The molecule has 0 saturated heterocycles. The van der Waals surface area contributed by atoms with Gasteiger partial charge < -0.3 is 20.3 Å². The normalized spacial score (nSPS) is 37.1. The van der Waals surface area contributed by atoms with E-state index in [4.69, 9.17) is 4.74 Å². The van der Waals surface area contributed by atoms with Crippen LogP contribution in [0.4, 0.5) is 0 Å². The zero-order valence-corrected chi connectivity index (χ0v) is 39.2. The number of rotatable bonds is 12. The molecule has 0 aromatic heterocycles. The maximum atomic E-state index is 15.5. The van der Waals surface area contributed by atoms with Crippen molar-refractivity contribution in [1.82, 2.24) is 9.62 Å². The van der Waals surface area contributed by atoms with Crippen molar-refractivity contribution in [3.8, 4) is 5.75 Å². The summed E-state index contributed by atoms with van der Waals surface area (Å²) in [4.78, 5) is 15.7. The van der Waals surface area contributed by atoms with Gasteiger partial charge in [-0.3, -0.25) is 4.79 Å². The molecule has 12 atom stereocenters. The molecule has 5 aliphatic carbocycles. The number of sulfonamides is 1. The largest absolute Gasteiger partial charge is 0.497 e. The van der Waals surface area contributed by atoms with Crippen LogP contribution >= 0.6 is 0 Å². The van der Waals surface area contributed by atoms with Gasteiger partial charge in [0.25, 0.3) is 0 Å². The average Bonchev–Trinajstić information content (AvgIpc) is 3.20. The Morgan fingerprint density at radius 3 is 2.22 bits per heavy atom. The van der Waals surface area contributed by atoms with Gasteiger partial charge in [-0.25, -0.2) is 8.42 Å². The Morgan fingerprint density at radius 1 is 0.883 bits per heavy atom. The van der Waals surface area contributed by atoms with E-state index in [0.29, 0.717) is 35.8 Å². The van der Waals surface area contributed by atoms with Crippen molar-refractivity contribution in [2.45, 2.75) is 150 Å². The second kappa shape index (κ2) is 16.4. The molecule has 2 aromatic carbocycles. The highest BCUT2D eigenvalue weighted by molar-refractivity contribution is 7.89. The molecule has 0 bridgehead atoms. The third-order valence-corrected chi connectivity index (χ3v) is 20.0. The third-order valence-electron chi connectivity index (χ3n) is 18.2. The second-order valence-corrected chi connectivity index (χ2v) is 23.8. The first-order valence-electron chi connectivity index (χ1n) is 23.2. The molecule has 60 heavy (non-hydrogen) atoms. The molecule has 8 nitrogen and oxygen atoms in total. The number of hydrogen-bond donors (Lipinski definition) is 3. The van der Waals surface area contributed by atoms with E-state index in [1.807, 2.05) is 44.2 Å². The molecule has 0 heterocycles. The van der Waals surface area contributed by atoms with E-state index in [0.717, 1.165) is 63.4 Å². The Kier molecular flexibility index (Phi) is 12.4. The van der Waals surface area contributed by atoms with Crippen LogP contribution in [0.25, 0.3) is 0 Å². The van der Waals surface area contributed by atoms with Crippen molar-refractivity contribution >= 4 is 15.9 Å². The minimum Gasteiger partial charge on any atom is -0.497 e. The van der Waals surface area contributed by atoms with E-state index in [1.54, 1.807) is 31.4 Å². The lowest BCUT2D eigenvalue weighted by Crippen LogP contribution is -2.66. The standard InChI is InChI=1S/C51H76N2O6S/c1-33(2)31-53(60(57,58)38-18-16-37(59-10)17-19-38)32-41(54)40(30-36-14-12-11-13-15-36)52-46(56)51-27-22-34(3)35(4)45(51)39-20-21-43-48(7)25-24-44(55)47(5,6)42(48)23-26-50(43,9)49(39,8)28-29-51/h11-20,33-35,40-45,54-55H,21-32H2,1-10H3,(H,52,56)/t34-,35+,40+,41-,42+,43-,44-,45+,48+,49-,50-,51+/m1/s1. The minimum atomic E-state index is -3.98. The van der Waals surface area contributed by atoms with Gasteiger partial charge in [0.15, 0.2) is 0 Å². The van der Waals surface area contributed by atoms with Gasteiger partial charge in [0.05, 0.1) is 35.7 Å². The first-order chi connectivity index (χ1) is 28.2. The third kappa shape index (κ3) is 7.41. The van der Waals surface area contributed by atoms with Crippen LogP contribution in [0.15, 0.2) is 71.1 Å². The van der Waals surface area contributed by atoms with Gasteiger partial charge in [-0.05, 0) is 151 Å². The van der Waals surface area contributed by atoms with E-state index in [1.165, 1.54) is 9.88 Å². The second-order valence-electron chi connectivity index (χ2n) is 21.9. The maximum Gasteiger partial charge on any atom is 0.243 e. The fourth-order valence-corrected chi connectivity index (χ4v) is 15.9. The Hall–Kier alpha value is -2.72. The molecule has 1 amide bonds.